The first kappa shape index (κ1) is 12.5. The average Bonchev–Trinajstić information content (AvgIpc) is 2.16. The number of hydrogen-bond acceptors (Lipinski definition) is 4. The number of rotatable bonds is 4. The summed E-state index contributed by atoms with van der Waals surface area (Å²) in [5.41, 5.74) is 0. The highest BCUT2D eigenvalue weighted by molar-refractivity contribution is 5.69. The first-order valence-electron chi connectivity index (χ1n) is 5.67. The molecular formula is C11H22N2O2. The van der Waals surface area contributed by atoms with Gasteiger partial charge >= 0.3 is 5.97 Å². The first-order valence-corrected chi connectivity index (χ1v) is 5.67. The van der Waals surface area contributed by atoms with E-state index in [1.165, 1.54) is 7.11 Å². The van der Waals surface area contributed by atoms with E-state index in [2.05, 4.69) is 28.8 Å². The van der Waals surface area contributed by atoms with Gasteiger partial charge < -0.3 is 15.0 Å². The molecule has 0 aromatic carbocycles. The van der Waals surface area contributed by atoms with Gasteiger partial charge in [0.05, 0.1) is 7.11 Å². The predicted molar refractivity (Wildman–Crippen MR) is 59.7 cm³/mol. The lowest BCUT2D eigenvalue weighted by Gasteiger charge is -2.36. The molecule has 0 aliphatic carbocycles. The Bertz CT molecular complexity index is 199. The smallest absolute Gasteiger partial charge is 0.305 e. The number of piperazine rings is 1. The van der Waals surface area contributed by atoms with Crippen LogP contribution in [-0.4, -0.2) is 49.7 Å². The minimum Gasteiger partial charge on any atom is -0.469 e. The highest BCUT2D eigenvalue weighted by atomic mass is 16.5. The third kappa shape index (κ3) is 4.62. The molecule has 0 amide bonds. The van der Waals surface area contributed by atoms with Crippen LogP contribution in [0.1, 0.15) is 26.7 Å². The van der Waals surface area contributed by atoms with E-state index in [1.807, 2.05) is 0 Å². The molecule has 0 bridgehead atoms. The summed E-state index contributed by atoms with van der Waals surface area (Å²) in [5.74, 6) is -0.105. The van der Waals surface area contributed by atoms with Crippen LogP contribution in [0.5, 0.6) is 0 Å². The number of hydrogen-bond donors (Lipinski definition) is 1. The van der Waals surface area contributed by atoms with Gasteiger partial charge in [0.25, 0.3) is 0 Å². The molecule has 2 unspecified atom stereocenters. The Labute approximate surface area is 92.0 Å². The first-order chi connectivity index (χ1) is 7.11. The molecule has 4 nitrogen and oxygen atoms in total. The fourth-order valence-corrected chi connectivity index (χ4v) is 2.17. The van der Waals surface area contributed by atoms with Crippen molar-refractivity contribution in [1.29, 1.82) is 0 Å². The van der Waals surface area contributed by atoms with E-state index in [1.54, 1.807) is 0 Å². The normalized spacial score (nSPS) is 27.7. The lowest BCUT2D eigenvalue weighted by molar-refractivity contribution is -0.140. The summed E-state index contributed by atoms with van der Waals surface area (Å²) in [4.78, 5) is 13.3. The Kier molecular flexibility index (Phi) is 5.05. The van der Waals surface area contributed by atoms with Crippen LogP contribution < -0.4 is 5.32 Å². The van der Waals surface area contributed by atoms with Gasteiger partial charge in [-0.25, -0.2) is 0 Å². The number of carbonyl (C=O) groups is 1. The van der Waals surface area contributed by atoms with E-state index in [0.29, 0.717) is 18.5 Å². The summed E-state index contributed by atoms with van der Waals surface area (Å²) in [6.45, 7) is 7.54. The second-order valence-electron chi connectivity index (χ2n) is 4.41. The summed E-state index contributed by atoms with van der Waals surface area (Å²) >= 11 is 0. The fourth-order valence-electron chi connectivity index (χ4n) is 2.17. The lowest BCUT2D eigenvalue weighted by atomic mass is 10.1. The van der Waals surface area contributed by atoms with Gasteiger partial charge in [-0.05, 0) is 26.8 Å². The van der Waals surface area contributed by atoms with Gasteiger partial charge in [0.1, 0.15) is 0 Å². The standard InChI is InChI=1S/C11H22N2O2/c1-9-7-13(8-10(2)12-9)6-4-5-11(14)15-3/h9-10,12H,4-8H2,1-3H3. The van der Waals surface area contributed by atoms with Crippen LogP contribution in [-0.2, 0) is 9.53 Å². The van der Waals surface area contributed by atoms with Crippen LogP contribution in [0.25, 0.3) is 0 Å². The zero-order valence-electron chi connectivity index (χ0n) is 9.95. The molecule has 1 rings (SSSR count). The largest absolute Gasteiger partial charge is 0.469 e. The Morgan fingerprint density at radius 1 is 1.40 bits per heavy atom. The third-order valence-electron chi connectivity index (χ3n) is 2.72. The van der Waals surface area contributed by atoms with Crippen molar-refractivity contribution < 1.29 is 9.53 Å². The molecule has 1 aliphatic heterocycles. The van der Waals surface area contributed by atoms with E-state index in [4.69, 9.17) is 0 Å². The monoisotopic (exact) mass is 214 g/mol. The van der Waals surface area contributed by atoms with Crippen LogP contribution in [0.15, 0.2) is 0 Å². The minimum atomic E-state index is -0.105. The number of methoxy groups -OCH3 is 1. The molecule has 4 heteroatoms. The molecule has 1 heterocycles. The molecule has 88 valence electrons. The van der Waals surface area contributed by atoms with Crippen molar-refractivity contribution in [2.24, 2.45) is 0 Å². The van der Waals surface area contributed by atoms with E-state index < -0.39 is 0 Å². The van der Waals surface area contributed by atoms with Crippen molar-refractivity contribution in [3.63, 3.8) is 0 Å². The molecule has 0 aromatic heterocycles. The molecule has 1 saturated heterocycles. The quantitative estimate of drug-likeness (QED) is 0.697. The maximum atomic E-state index is 10.9. The zero-order valence-corrected chi connectivity index (χ0v) is 9.95. The molecule has 1 N–H and O–H groups in total. The van der Waals surface area contributed by atoms with Gasteiger partial charge in [0.2, 0.25) is 0 Å². The number of ether oxygens (including phenoxy) is 1. The Morgan fingerprint density at radius 2 is 2.00 bits per heavy atom. The SMILES string of the molecule is COC(=O)CCCN1CC(C)NC(C)C1. The lowest BCUT2D eigenvalue weighted by Crippen LogP contribution is -2.54. The van der Waals surface area contributed by atoms with Crippen LogP contribution in [0, 0.1) is 0 Å². The van der Waals surface area contributed by atoms with Crippen LogP contribution >= 0.6 is 0 Å². The number of nitrogens with one attached hydrogen (secondary N) is 1. The van der Waals surface area contributed by atoms with E-state index in [-0.39, 0.29) is 5.97 Å². The van der Waals surface area contributed by atoms with E-state index in [0.717, 1.165) is 26.1 Å². The molecule has 0 aromatic rings. The van der Waals surface area contributed by atoms with Crippen molar-refractivity contribution in [2.75, 3.05) is 26.7 Å². The minimum absolute atomic E-state index is 0.105. The number of nitrogens with zero attached hydrogens (tertiary/aromatic N) is 1. The summed E-state index contributed by atoms with van der Waals surface area (Å²) in [7, 11) is 1.44. The third-order valence-corrected chi connectivity index (χ3v) is 2.72. The molecule has 2 atom stereocenters. The molecule has 0 radical (unpaired) electrons. The summed E-state index contributed by atoms with van der Waals surface area (Å²) in [6.07, 6.45) is 1.43. The van der Waals surface area contributed by atoms with E-state index in [9.17, 15) is 4.79 Å². The van der Waals surface area contributed by atoms with Crippen molar-refractivity contribution in [3.8, 4) is 0 Å². The number of carbonyl (C=O) groups excluding carboxylic acids is 1. The van der Waals surface area contributed by atoms with Gasteiger partial charge in [0, 0.05) is 31.6 Å². The predicted octanol–water partition coefficient (Wildman–Crippen LogP) is 0.622. The molecule has 0 spiro atoms. The van der Waals surface area contributed by atoms with Crippen LogP contribution in [0.2, 0.25) is 0 Å². The van der Waals surface area contributed by atoms with Gasteiger partial charge in [-0.2, -0.15) is 0 Å². The molecule has 15 heavy (non-hydrogen) atoms. The van der Waals surface area contributed by atoms with Gasteiger partial charge in [-0.1, -0.05) is 0 Å². The second-order valence-corrected chi connectivity index (χ2v) is 4.41. The Balaban J connectivity index is 2.17. The van der Waals surface area contributed by atoms with Crippen molar-refractivity contribution in [3.05, 3.63) is 0 Å². The van der Waals surface area contributed by atoms with Gasteiger partial charge in [0.15, 0.2) is 0 Å². The number of esters is 1. The maximum absolute atomic E-state index is 10.9. The summed E-state index contributed by atoms with van der Waals surface area (Å²) in [5, 5.41) is 3.49. The summed E-state index contributed by atoms with van der Waals surface area (Å²) in [6, 6.07) is 1.10. The van der Waals surface area contributed by atoms with Crippen molar-refractivity contribution >= 4 is 5.97 Å². The van der Waals surface area contributed by atoms with Crippen molar-refractivity contribution in [2.45, 2.75) is 38.8 Å². The van der Waals surface area contributed by atoms with Gasteiger partial charge in [-0.15, -0.1) is 0 Å². The fraction of sp³-hybridized carbons (Fsp3) is 0.909. The molecular weight excluding hydrogens is 192 g/mol. The van der Waals surface area contributed by atoms with Gasteiger partial charge in [-0.3, -0.25) is 4.79 Å². The molecule has 1 aliphatic rings. The second kappa shape index (κ2) is 6.08. The van der Waals surface area contributed by atoms with Crippen LogP contribution in [0.3, 0.4) is 0 Å². The topological polar surface area (TPSA) is 41.6 Å². The molecule has 1 fully saturated rings. The summed E-state index contributed by atoms with van der Waals surface area (Å²) < 4.78 is 4.61. The highest BCUT2D eigenvalue weighted by Gasteiger charge is 2.20. The van der Waals surface area contributed by atoms with Crippen LogP contribution in [0.4, 0.5) is 0 Å². The van der Waals surface area contributed by atoms with E-state index >= 15 is 0 Å². The molecule has 0 saturated carbocycles. The Hall–Kier alpha value is -0.610. The van der Waals surface area contributed by atoms with Crippen molar-refractivity contribution in [1.82, 2.24) is 10.2 Å². The Morgan fingerprint density at radius 3 is 2.53 bits per heavy atom. The maximum Gasteiger partial charge on any atom is 0.305 e. The average molecular weight is 214 g/mol. The highest BCUT2D eigenvalue weighted by Crippen LogP contribution is 2.05. The zero-order chi connectivity index (χ0) is 11.3.